The number of carbonyl (C=O) groups excluding carboxylic acids is 1. The second kappa shape index (κ2) is 2.67. The molecule has 0 saturated carbocycles. The van der Waals surface area contributed by atoms with Gasteiger partial charge in [-0.05, 0) is 14.1 Å². The molecule has 0 aliphatic carbocycles. The molecule has 64 valence electrons. The normalized spacial score (nSPS) is 20.5. The maximum Gasteiger partial charge on any atom is 0.517 e. The summed E-state index contributed by atoms with van der Waals surface area (Å²) in [7, 11) is 3.53. The summed E-state index contributed by atoms with van der Waals surface area (Å²) in [5.41, 5.74) is 5.31. The molecule has 5 nitrogen and oxygen atoms in total. The van der Waals surface area contributed by atoms with Crippen LogP contribution in [0.15, 0.2) is 0 Å². The molecule has 0 atom stereocenters. The molecule has 1 fully saturated rings. The Bertz CT molecular complexity index is 161. The number of hydrogen-bond donors (Lipinski definition) is 1. The van der Waals surface area contributed by atoms with E-state index in [0.717, 1.165) is 0 Å². The Hall–Kier alpha value is -0.810. The van der Waals surface area contributed by atoms with Gasteiger partial charge in [0.05, 0.1) is 6.42 Å². The standard InChI is InChI=1S/C6H12N2O3/c1-8(2)6(3-4-7)10-5(9)11-6/h3-4,7H2,1-2H3. The van der Waals surface area contributed by atoms with Crippen molar-refractivity contribution in [2.45, 2.75) is 12.3 Å². The maximum atomic E-state index is 10.4. The van der Waals surface area contributed by atoms with Gasteiger partial charge in [-0.25, -0.2) is 9.69 Å². The van der Waals surface area contributed by atoms with Crippen LogP contribution in [0.3, 0.4) is 0 Å². The fourth-order valence-corrected chi connectivity index (χ4v) is 0.959. The number of hydrogen-bond acceptors (Lipinski definition) is 5. The largest absolute Gasteiger partial charge is 0.517 e. The Kier molecular flexibility index (Phi) is 2.01. The molecular formula is C6H12N2O3. The Labute approximate surface area is 65.0 Å². The van der Waals surface area contributed by atoms with Gasteiger partial charge in [0.15, 0.2) is 0 Å². The van der Waals surface area contributed by atoms with E-state index in [-0.39, 0.29) is 0 Å². The van der Waals surface area contributed by atoms with E-state index in [1.54, 1.807) is 19.0 Å². The lowest BCUT2D eigenvalue weighted by Crippen LogP contribution is -2.60. The molecule has 1 aliphatic rings. The van der Waals surface area contributed by atoms with Crippen LogP contribution in [-0.4, -0.2) is 37.6 Å². The molecule has 0 aromatic heterocycles. The van der Waals surface area contributed by atoms with Gasteiger partial charge in [0, 0.05) is 6.54 Å². The van der Waals surface area contributed by atoms with E-state index in [9.17, 15) is 4.79 Å². The van der Waals surface area contributed by atoms with Crippen LogP contribution < -0.4 is 5.73 Å². The Morgan fingerprint density at radius 3 is 2.36 bits per heavy atom. The second-order valence-electron chi connectivity index (χ2n) is 2.60. The van der Waals surface area contributed by atoms with Crippen molar-refractivity contribution < 1.29 is 14.3 Å². The first-order chi connectivity index (χ1) is 5.10. The van der Waals surface area contributed by atoms with Crippen molar-refractivity contribution in [1.82, 2.24) is 4.90 Å². The topological polar surface area (TPSA) is 64.8 Å². The molecule has 0 unspecified atom stereocenters. The average Bonchev–Trinajstić information content (AvgIpc) is 1.84. The second-order valence-corrected chi connectivity index (χ2v) is 2.60. The first kappa shape index (κ1) is 8.29. The first-order valence-corrected chi connectivity index (χ1v) is 3.40. The van der Waals surface area contributed by atoms with Gasteiger partial charge in [-0.1, -0.05) is 0 Å². The monoisotopic (exact) mass is 160 g/mol. The average molecular weight is 160 g/mol. The predicted molar refractivity (Wildman–Crippen MR) is 37.7 cm³/mol. The van der Waals surface area contributed by atoms with Crippen LogP contribution in [-0.2, 0) is 9.47 Å². The molecule has 0 spiro atoms. The number of ether oxygens (including phenoxy) is 2. The third-order valence-electron chi connectivity index (χ3n) is 1.63. The van der Waals surface area contributed by atoms with Gasteiger partial charge in [-0.3, -0.25) is 0 Å². The van der Waals surface area contributed by atoms with Gasteiger partial charge in [0.25, 0.3) is 0 Å². The van der Waals surface area contributed by atoms with Crippen LogP contribution in [0.25, 0.3) is 0 Å². The van der Waals surface area contributed by atoms with E-state index >= 15 is 0 Å². The van der Waals surface area contributed by atoms with E-state index in [2.05, 4.69) is 0 Å². The smallest absolute Gasteiger partial charge is 0.376 e. The van der Waals surface area contributed by atoms with E-state index in [0.29, 0.717) is 13.0 Å². The summed E-state index contributed by atoms with van der Waals surface area (Å²) in [4.78, 5) is 12.1. The molecule has 0 aromatic rings. The molecule has 1 rings (SSSR count). The van der Waals surface area contributed by atoms with Gasteiger partial charge < -0.3 is 15.2 Å². The molecule has 11 heavy (non-hydrogen) atoms. The van der Waals surface area contributed by atoms with E-state index in [1.165, 1.54) is 0 Å². The molecule has 0 radical (unpaired) electrons. The minimum absolute atomic E-state index is 0.422. The van der Waals surface area contributed by atoms with Crippen LogP contribution in [0, 0.1) is 0 Å². The molecule has 5 heteroatoms. The first-order valence-electron chi connectivity index (χ1n) is 3.40. The molecule has 0 aromatic carbocycles. The predicted octanol–water partition coefficient (Wildman–Crippen LogP) is -0.283. The van der Waals surface area contributed by atoms with Crippen molar-refractivity contribution in [3.8, 4) is 0 Å². The number of carbonyl (C=O) groups is 1. The van der Waals surface area contributed by atoms with Crippen molar-refractivity contribution in [3.63, 3.8) is 0 Å². The van der Waals surface area contributed by atoms with Crippen LogP contribution >= 0.6 is 0 Å². The molecule has 0 bridgehead atoms. The fourth-order valence-electron chi connectivity index (χ4n) is 0.959. The molecule has 1 aliphatic heterocycles. The zero-order valence-corrected chi connectivity index (χ0v) is 6.66. The van der Waals surface area contributed by atoms with Crippen LogP contribution in [0.4, 0.5) is 4.79 Å². The summed E-state index contributed by atoms with van der Waals surface area (Å²) in [6.07, 6.45) is -0.140. The highest BCUT2D eigenvalue weighted by Crippen LogP contribution is 2.29. The van der Waals surface area contributed by atoms with Crippen LogP contribution in [0.1, 0.15) is 6.42 Å². The van der Waals surface area contributed by atoms with Crippen molar-refractivity contribution >= 4 is 6.16 Å². The summed E-state index contributed by atoms with van der Waals surface area (Å²) in [6.45, 7) is 0.422. The van der Waals surface area contributed by atoms with Crippen molar-refractivity contribution in [3.05, 3.63) is 0 Å². The maximum absolute atomic E-state index is 10.4. The summed E-state index contributed by atoms with van der Waals surface area (Å²) >= 11 is 0. The highest BCUT2D eigenvalue weighted by atomic mass is 16.9. The number of rotatable bonds is 3. The Morgan fingerprint density at radius 2 is 2.09 bits per heavy atom. The third-order valence-corrected chi connectivity index (χ3v) is 1.63. The Balaban J connectivity index is 2.53. The zero-order valence-electron chi connectivity index (χ0n) is 6.66. The lowest BCUT2D eigenvalue weighted by atomic mass is 10.3. The van der Waals surface area contributed by atoms with E-state index in [1.807, 2.05) is 0 Å². The lowest BCUT2D eigenvalue weighted by Gasteiger charge is -2.43. The number of cyclic esters (lactones) is 2. The molecule has 2 N–H and O–H groups in total. The van der Waals surface area contributed by atoms with E-state index in [4.69, 9.17) is 15.2 Å². The molecule has 0 amide bonds. The Morgan fingerprint density at radius 1 is 1.55 bits per heavy atom. The molecule has 1 heterocycles. The summed E-state index contributed by atoms with van der Waals surface area (Å²) in [5, 5.41) is 0. The van der Waals surface area contributed by atoms with E-state index < -0.39 is 12.1 Å². The fraction of sp³-hybridized carbons (Fsp3) is 0.833. The minimum Gasteiger partial charge on any atom is -0.376 e. The highest BCUT2D eigenvalue weighted by Gasteiger charge is 2.50. The third kappa shape index (κ3) is 1.29. The molecule has 1 saturated heterocycles. The van der Waals surface area contributed by atoms with Crippen LogP contribution in [0.5, 0.6) is 0 Å². The van der Waals surface area contributed by atoms with Gasteiger partial charge in [0.1, 0.15) is 0 Å². The van der Waals surface area contributed by atoms with Gasteiger partial charge in [-0.15, -0.1) is 0 Å². The number of nitrogens with two attached hydrogens (primary N) is 1. The SMILES string of the molecule is CN(C)C1(CCN)OC(=O)O1. The summed E-state index contributed by atoms with van der Waals surface area (Å²) < 4.78 is 9.63. The van der Waals surface area contributed by atoms with Crippen molar-refractivity contribution in [1.29, 1.82) is 0 Å². The van der Waals surface area contributed by atoms with Crippen molar-refractivity contribution in [2.75, 3.05) is 20.6 Å². The minimum atomic E-state index is -0.897. The van der Waals surface area contributed by atoms with Gasteiger partial charge in [-0.2, -0.15) is 0 Å². The quantitative estimate of drug-likeness (QED) is 0.575. The lowest BCUT2D eigenvalue weighted by molar-refractivity contribution is -0.337. The van der Waals surface area contributed by atoms with Gasteiger partial charge >= 0.3 is 12.1 Å². The summed E-state index contributed by atoms with van der Waals surface area (Å²) in [5.74, 6) is -0.897. The van der Waals surface area contributed by atoms with Crippen LogP contribution in [0.2, 0.25) is 0 Å². The van der Waals surface area contributed by atoms with Gasteiger partial charge in [0.2, 0.25) is 0 Å². The summed E-state index contributed by atoms with van der Waals surface area (Å²) in [6, 6.07) is 0. The number of nitrogens with zero attached hydrogens (tertiary/aromatic N) is 1. The highest BCUT2D eigenvalue weighted by molar-refractivity contribution is 5.65. The molecular weight excluding hydrogens is 148 g/mol. The zero-order chi connectivity index (χ0) is 8.48. The van der Waals surface area contributed by atoms with Crippen molar-refractivity contribution in [2.24, 2.45) is 5.73 Å².